The minimum atomic E-state index is -3.51. The molecule has 0 aliphatic heterocycles. The van der Waals surface area contributed by atoms with Gasteiger partial charge < -0.3 is 0 Å². The van der Waals surface area contributed by atoms with E-state index in [1.54, 1.807) is 18.3 Å². The molecule has 4 nitrogen and oxygen atoms in total. The SMILES string of the molecule is O=C1CCCCc2c1ccc1c2ccn1S(=O)(=O)Cc1ccccc1. The van der Waals surface area contributed by atoms with Crippen molar-refractivity contribution in [3.8, 4) is 0 Å². The maximum absolute atomic E-state index is 12.9. The van der Waals surface area contributed by atoms with Gasteiger partial charge >= 0.3 is 0 Å². The zero-order valence-electron chi connectivity index (χ0n) is 13.8. The van der Waals surface area contributed by atoms with E-state index in [0.717, 1.165) is 41.3 Å². The molecule has 128 valence electrons. The number of hydrogen-bond donors (Lipinski definition) is 0. The minimum Gasteiger partial charge on any atom is -0.294 e. The van der Waals surface area contributed by atoms with Crippen molar-refractivity contribution in [2.45, 2.75) is 31.4 Å². The number of carbonyl (C=O) groups is 1. The lowest BCUT2D eigenvalue weighted by Gasteiger charge is -2.10. The Labute approximate surface area is 147 Å². The number of nitrogens with zero attached hydrogens (tertiary/aromatic N) is 1. The first-order chi connectivity index (χ1) is 12.1. The third kappa shape index (κ3) is 2.89. The van der Waals surface area contributed by atoms with Crippen LogP contribution in [-0.2, 0) is 22.2 Å². The summed E-state index contributed by atoms with van der Waals surface area (Å²) < 4.78 is 27.1. The van der Waals surface area contributed by atoms with Gasteiger partial charge in [-0.15, -0.1) is 0 Å². The molecule has 0 saturated carbocycles. The van der Waals surface area contributed by atoms with Gasteiger partial charge in [0.15, 0.2) is 5.78 Å². The van der Waals surface area contributed by atoms with Gasteiger partial charge in [-0.3, -0.25) is 4.79 Å². The van der Waals surface area contributed by atoms with Crippen LogP contribution >= 0.6 is 0 Å². The van der Waals surface area contributed by atoms with E-state index in [0.29, 0.717) is 11.9 Å². The fraction of sp³-hybridized carbons (Fsp3) is 0.250. The highest BCUT2D eigenvalue weighted by atomic mass is 32.2. The molecule has 1 aliphatic rings. The van der Waals surface area contributed by atoms with Crippen LogP contribution in [0.2, 0.25) is 0 Å². The summed E-state index contributed by atoms with van der Waals surface area (Å²) in [5.41, 5.74) is 3.16. The first-order valence-electron chi connectivity index (χ1n) is 8.49. The first-order valence-corrected chi connectivity index (χ1v) is 10.1. The number of aryl methyl sites for hydroxylation is 1. The van der Waals surface area contributed by atoms with Crippen LogP contribution in [0.25, 0.3) is 10.9 Å². The second-order valence-corrected chi connectivity index (χ2v) is 8.35. The molecule has 0 N–H and O–H groups in total. The quantitative estimate of drug-likeness (QED) is 0.671. The predicted octanol–water partition coefficient (Wildman–Crippen LogP) is 3.93. The zero-order chi connectivity index (χ0) is 17.4. The highest BCUT2D eigenvalue weighted by Gasteiger charge is 2.22. The summed E-state index contributed by atoms with van der Waals surface area (Å²) in [4.78, 5) is 12.3. The van der Waals surface area contributed by atoms with Crippen LogP contribution in [0.15, 0.2) is 54.7 Å². The Morgan fingerprint density at radius 2 is 1.68 bits per heavy atom. The topological polar surface area (TPSA) is 56.1 Å². The molecule has 0 spiro atoms. The molecule has 3 aromatic rings. The molecule has 0 unspecified atom stereocenters. The van der Waals surface area contributed by atoms with E-state index in [1.807, 2.05) is 36.4 Å². The smallest absolute Gasteiger partial charge is 0.243 e. The van der Waals surface area contributed by atoms with Crippen molar-refractivity contribution in [1.29, 1.82) is 0 Å². The summed E-state index contributed by atoms with van der Waals surface area (Å²) in [6, 6.07) is 14.6. The van der Waals surface area contributed by atoms with Gasteiger partial charge in [0.05, 0.1) is 11.3 Å². The van der Waals surface area contributed by atoms with Gasteiger partial charge in [-0.25, -0.2) is 12.4 Å². The largest absolute Gasteiger partial charge is 0.294 e. The minimum absolute atomic E-state index is 0.0480. The molecule has 4 rings (SSSR count). The Morgan fingerprint density at radius 3 is 2.48 bits per heavy atom. The molecule has 0 atom stereocenters. The maximum Gasteiger partial charge on any atom is 0.243 e. The number of benzene rings is 2. The van der Waals surface area contributed by atoms with Crippen LogP contribution in [0.1, 0.15) is 40.7 Å². The summed E-state index contributed by atoms with van der Waals surface area (Å²) in [6.45, 7) is 0. The monoisotopic (exact) mass is 353 g/mol. The molecule has 2 aromatic carbocycles. The fourth-order valence-electron chi connectivity index (χ4n) is 3.60. The summed E-state index contributed by atoms with van der Waals surface area (Å²) in [7, 11) is -3.51. The van der Waals surface area contributed by atoms with Crippen molar-refractivity contribution in [1.82, 2.24) is 3.97 Å². The lowest BCUT2D eigenvalue weighted by atomic mass is 9.98. The van der Waals surface area contributed by atoms with Crippen LogP contribution in [0, 0.1) is 0 Å². The molecular weight excluding hydrogens is 334 g/mol. The third-order valence-corrected chi connectivity index (χ3v) is 6.44. The van der Waals surface area contributed by atoms with Gasteiger partial charge in [0, 0.05) is 23.6 Å². The molecule has 5 heteroatoms. The Morgan fingerprint density at radius 1 is 0.920 bits per heavy atom. The summed E-state index contributed by atoms with van der Waals surface area (Å²) in [5, 5.41) is 0.879. The number of carbonyl (C=O) groups excluding carboxylic acids is 1. The molecule has 1 aromatic heterocycles. The van der Waals surface area contributed by atoms with Crippen LogP contribution in [-0.4, -0.2) is 18.2 Å². The maximum atomic E-state index is 12.9. The molecule has 1 heterocycles. The number of Topliss-reactive ketones (excluding diaryl/α,β-unsaturated/α-hetero) is 1. The summed E-state index contributed by atoms with van der Waals surface area (Å²) in [5.74, 6) is 0.113. The zero-order valence-corrected chi connectivity index (χ0v) is 14.6. The number of aromatic nitrogens is 1. The first kappa shape index (κ1) is 16.1. The van der Waals surface area contributed by atoms with Crippen LogP contribution in [0.3, 0.4) is 0 Å². The van der Waals surface area contributed by atoms with E-state index < -0.39 is 10.0 Å². The van der Waals surface area contributed by atoms with E-state index in [4.69, 9.17) is 0 Å². The number of rotatable bonds is 3. The Hall–Kier alpha value is -2.40. The van der Waals surface area contributed by atoms with Crippen molar-refractivity contribution in [3.63, 3.8) is 0 Å². The van der Waals surface area contributed by atoms with E-state index in [2.05, 4.69) is 0 Å². The average Bonchev–Trinajstić information content (AvgIpc) is 2.95. The van der Waals surface area contributed by atoms with E-state index in [1.165, 1.54) is 3.97 Å². The van der Waals surface area contributed by atoms with E-state index in [9.17, 15) is 13.2 Å². The predicted molar refractivity (Wildman–Crippen MR) is 98.3 cm³/mol. The summed E-state index contributed by atoms with van der Waals surface area (Å²) in [6.07, 6.45) is 4.85. The van der Waals surface area contributed by atoms with E-state index >= 15 is 0 Å². The lowest BCUT2D eigenvalue weighted by Crippen LogP contribution is -2.14. The lowest BCUT2D eigenvalue weighted by molar-refractivity contribution is 0.0982. The molecular formula is C20H19NO3S. The molecule has 0 saturated heterocycles. The van der Waals surface area contributed by atoms with Gasteiger partial charge in [-0.1, -0.05) is 30.3 Å². The van der Waals surface area contributed by atoms with Crippen molar-refractivity contribution in [3.05, 3.63) is 71.4 Å². The molecule has 0 amide bonds. The second kappa shape index (κ2) is 6.15. The third-order valence-electron chi connectivity index (χ3n) is 4.82. The number of fused-ring (bicyclic) bond motifs is 3. The Kier molecular flexibility index (Phi) is 3.96. The van der Waals surface area contributed by atoms with Gasteiger partial charge in [-0.05, 0) is 48.6 Å². The van der Waals surface area contributed by atoms with Gasteiger partial charge in [-0.2, -0.15) is 0 Å². The molecule has 0 bridgehead atoms. The Balaban J connectivity index is 1.82. The summed E-state index contributed by atoms with van der Waals surface area (Å²) >= 11 is 0. The standard InChI is InChI=1S/C20H19NO3S/c22-20-9-5-4-8-16-17-12-13-21(19(17)11-10-18(16)20)25(23,24)14-15-6-2-1-3-7-15/h1-3,6-7,10-13H,4-5,8-9,14H2. The average molecular weight is 353 g/mol. The molecule has 25 heavy (non-hydrogen) atoms. The number of ketones is 1. The van der Waals surface area contributed by atoms with Crippen molar-refractivity contribution < 1.29 is 13.2 Å². The van der Waals surface area contributed by atoms with Crippen molar-refractivity contribution in [2.75, 3.05) is 0 Å². The Bertz CT molecular complexity index is 1050. The fourth-order valence-corrected chi connectivity index (χ4v) is 5.06. The normalized spacial score (nSPS) is 15.1. The molecule has 0 fully saturated rings. The van der Waals surface area contributed by atoms with Crippen LogP contribution in [0.5, 0.6) is 0 Å². The highest BCUT2D eigenvalue weighted by molar-refractivity contribution is 7.89. The van der Waals surface area contributed by atoms with Crippen molar-refractivity contribution in [2.24, 2.45) is 0 Å². The van der Waals surface area contributed by atoms with Crippen LogP contribution in [0.4, 0.5) is 0 Å². The molecule has 0 radical (unpaired) electrons. The molecule has 1 aliphatic carbocycles. The highest BCUT2D eigenvalue weighted by Crippen LogP contribution is 2.30. The van der Waals surface area contributed by atoms with Gasteiger partial charge in [0.2, 0.25) is 10.0 Å². The van der Waals surface area contributed by atoms with Gasteiger partial charge in [0.1, 0.15) is 0 Å². The second-order valence-electron chi connectivity index (χ2n) is 6.51. The number of hydrogen-bond acceptors (Lipinski definition) is 3. The van der Waals surface area contributed by atoms with Crippen molar-refractivity contribution >= 4 is 26.7 Å². The van der Waals surface area contributed by atoms with Crippen LogP contribution < -0.4 is 0 Å². The van der Waals surface area contributed by atoms with E-state index in [-0.39, 0.29) is 11.5 Å². The van der Waals surface area contributed by atoms with Gasteiger partial charge in [0.25, 0.3) is 0 Å².